The van der Waals surface area contributed by atoms with E-state index in [2.05, 4.69) is 35.0 Å². The van der Waals surface area contributed by atoms with Gasteiger partial charge in [-0.1, -0.05) is 23.9 Å². The number of nitrogens with one attached hydrogen (secondary N) is 1. The number of carbonyl (C=O) groups is 1. The van der Waals surface area contributed by atoms with Crippen molar-refractivity contribution in [3.05, 3.63) is 35.2 Å². The van der Waals surface area contributed by atoms with E-state index in [1.165, 1.54) is 21.8 Å². The van der Waals surface area contributed by atoms with Crippen LogP contribution in [0.1, 0.15) is 5.56 Å². The molecule has 0 aliphatic heterocycles. The van der Waals surface area contributed by atoms with Gasteiger partial charge in [0, 0.05) is 11.2 Å². The Morgan fingerprint density at radius 3 is 3.13 bits per heavy atom. The second kappa shape index (κ2) is 4.68. The number of fused-ring (bicyclic) bond motifs is 1. The lowest BCUT2D eigenvalue weighted by Crippen LogP contribution is -2.17. The van der Waals surface area contributed by atoms with Gasteiger partial charge in [0.15, 0.2) is 0 Å². The van der Waals surface area contributed by atoms with Crippen LogP contribution in [-0.2, 0) is 6.54 Å². The van der Waals surface area contributed by atoms with E-state index in [0.29, 0.717) is 6.54 Å². The molecule has 0 atom stereocenters. The van der Waals surface area contributed by atoms with Crippen molar-refractivity contribution in [3.8, 4) is 0 Å². The van der Waals surface area contributed by atoms with Crippen molar-refractivity contribution in [2.75, 3.05) is 6.26 Å². The Morgan fingerprint density at radius 2 is 2.33 bits per heavy atom. The van der Waals surface area contributed by atoms with Crippen molar-refractivity contribution >= 4 is 38.4 Å². The minimum atomic E-state index is 0.0151. The van der Waals surface area contributed by atoms with Gasteiger partial charge in [-0.3, -0.25) is 4.79 Å². The molecule has 0 fully saturated rings. The van der Waals surface area contributed by atoms with E-state index in [0.717, 1.165) is 5.56 Å². The normalized spacial score (nSPS) is 10.5. The first kappa shape index (κ1) is 10.5. The van der Waals surface area contributed by atoms with Crippen molar-refractivity contribution in [2.24, 2.45) is 0 Å². The van der Waals surface area contributed by atoms with Gasteiger partial charge in [0.1, 0.15) is 0 Å². The zero-order chi connectivity index (χ0) is 10.7. The van der Waals surface area contributed by atoms with Crippen LogP contribution in [0.15, 0.2) is 29.6 Å². The molecule has 0 saturated heterocycles. The Labute approximate surface area is 96.7 Å². The maximum atomic E-state index is 11.1. The number of carbonyl (C=O) groups excluding carboxylic acids is 1. The molecular weight excluding hydrogens is 226 g/mol. The van der Waals surface area contributed by atoms with Gasteiger partial charge in [0.2, 0.25) is 0 Å². The van der Waals surface area contributed by atoms with Crippen LogP contribution in [-0.4, -0.2) is 11.5 Å². The molecule has 0 saturated carbocycles. The second-order valence-corrected chi connectivity index (χ2v) is 4.86. The first-order valence-electron chi connectivity index (χ1n) is 4.57. The second-order valence-electron chi connectivity index (χ2n) is 3.14. The summed E-state index contributed by atoms with van der Waals surface area (Å²) in [5, 5.41) is 6.19. The van der Waals surface area contributed by atoms with Crippen molar-refractivity contribution in [3.63, 3.8) is 0 Å². The van der Waals surface area contributed by atoms with Crippen LogP contribution >= 0.6 is 23.1 Å². The van der Waals surface area contributed by atoms with Gasteiger partial charge in [-0.2, -0.15) is 0 Å². The molecule has 15 heavy (non-hydrogen) atoms. The standard InChI is InChI=1S/C11H11NOS2/c1-14-11(13)12-7-8-2-3-9-4-5-15-10(9)6-8/h2-6H,7H2,1H3,(H,12,13). The van der Waals surface area contributed by atoms with Crippen molar-refractivity contribution in [2.45, 2.75) is 6.54 Å². The zero-order valence-corrected chi connectivity index (χ0v) is 9.95. The molecule has 1 amide bonds. The largest absolute Gasteiger partial charge is 0.343 e. The third-order valence-corrected chi connectivity index (χ3v) is 3.54. The van der Waals surface area contributed by atoms with E-state index in [1.54, 1.807) is 17.6 Å². The van der Waals surface area contributed by atoms with Crippen LogP contribution in [0.5, 0.6) is 0 Å². The van der Waals surface area contributed by atoms with Crippen molar-refractivity contribution in [1.29, 1.82) is 0 Å². The maximum absolute atomic E-state index is 11.1. The average molecular weight is 237 g/mol. The van der Waals surface area contributed by atoms with Gasteiger partial charge >= 0.3 is 0 Å². The van der Waals surface area contributed by atoms with Crippen LogP contribution < -0.4 is 5.32 Å². The summed E-state index contributed by atoms with van der Waals surface area (Å²) >= 11 is 2.93. The summed E-state index contributed by atoms with van der Waals surface area (Å²) in [5.41, 5.74) is 1.15. The number of thioether (sulfide) groups is 1. The smallest absolute Gasteiger partial charge is 0.279 e. The molecule has 0 spiro atoms. The fourth-order valence-corrected chi connectivity index (χ4v) is 2.42. The highest BCUT2D eigenvalue weighted by atomic mass is 32.2. The molecule has 0 aliphatic carbocycles. The minimum absolute atomic E-state index is 0.0151. The van der Waals surface area contributed by atoms with Gasteiger partial charge in [-0.25, -0.2) is 0 Å². The molecule has 2 aromatic rings. The quantitative estimate of drug-likeness (QED) is 0.866. The molecule has 0 aliphatic rings. The van der Waals surface area contributed by atoms with Crippen LogP contribution in [0, 0.1) is 0 Å². The Bertz CT molecular complexity index is 478. The molecule has 1 heterocycles. The van der Waals surface area contributed by atoms with Gasteiger partial charge < -0.3 is 5.32 Å². The molecule has 1 aromatic heterocycles. The Balaban J connectivity index is 2.11. The molecule has 2 nitrogen and oxygen atoms in total. The van der Waals surface area contributed by atoms with E-state index in [9.17, 15) is 4.79 Å². The molecule has 0 unspecified atom stereocenters. The predicted molar refractivity (Wildman–Crippen MR) is 67.6 cm³/mol. The minimum Gasteiger partial charge on any atom is -0.343 e. The molecule has 4 heteroatoms. The lowest BCUT2D eigenvalue weighted by molar-refractivity contribution is 0.260. The van der Waals surface area contributed by atoms with Gasteiger partial charge in [-0.05, 0) is 34.7 Å². The highest BCUT2D eigenvalue weighted by Crippen LogP contribution is 2.21. The SMILES string of the molecule is CSC(=O)NCc1ccc2ccsc2c1. The zero-order valence-electron chi connectivity index (χ0n) is 8.32. The van der Waals surface area contributed by atoms with Gasteiger partial charge in [0.05, 0.1) is 0 Å². The fourth-order valence-electron chi connectivity index (χ4n) is 1.36. The molecule has 1 aromatic carbocycles. The van der Waals surface area contributed by atoms with Crippen LogP contribution in [0.4, 0.5) is 4.79 Å². The summed E-state index contributed by atoms with van der Waals surface area (Å²) in [4.78, 5) is 11.1. The van der Waals surface area contributed by atoms with Crippen LogP contribution in [0.2, 0.25) is 0 Å². The van der Waals surface area contributed by atoms with Crippen LogP contribution in [0.25, 0.3) is 10.1 Å². The highest BCUT2D eigenvalue weighted by Gasteiger charge is 2.00. The van der Waals surface area contributed by atoms with Gasteiger partial charge in [-0.15, -0.1) is 11.3 Å². The summed E-state index contributed by atoms with van der Waals surface area (Å²) in [6.45, 7) is 0.605. The van der Waals surface area contributed by atoms with Crippen molar-refractivity contribution in [1.82, 2.24) is 5.32 Å². The number of amides is 1. The lowest BCUT2D eigenvalue weighted by atomic mass is 10.2. The summed E-state index contributed by atoms with van der Waals surface area (Å²) < 4.78 is 1.27. The molecule has 0 bridgehead atoms. The lowest BCUT2D eigenvalue weighted by Gasteiger charge is -2.02. The third kappa shape index (κ3) is 2.52. The van der Waals surface area contributed by atoms with E-state index >= 15 is 0 Å². The molecular formula is C11H11NOS2. The average Bonchev–Trinajstić information content (AvgIpc) is 2.72. The summed E-state index contributed by atoms with van der Waals surface area (Å²) in [7, 11) is 0. The third-order valence-electron chi connectivity index (χ3n) is 2.14. The number of benzene rings is 1. The highest BCUT2D eigenvalue weighted by molar-refractivity contribution is 8.12. The Morgan fingerprint density at radius 1 is 1.47 bits per heavy atom. The van der Waals surface area contributed by atoms with E-state index in [-0.39, 0.29) is 5.24 Å². The Kier molecular flexibility index (Phi) is 3.28. The van der Waals surface area contributed by atoms with Gasteiger partial charge in [0.25, 0.3) is 5.24 Å². The van der Waals surface area contributed by atoms with E-state index in [1.807, 2.05) is 0 Å². The fraction of sp³-hybridized carbons (Fsp3) is 0.182. The molecule has 1 N–H and O–H groups in total. The van der Waals surface area contributed by atoms with E-state index in [4.69, 9.17) is 0 Å². The number of thiophene rings is 1. The Hall–Kier alpha value is -1.00. The maximum Gasteiger partial charge on any atom is 0.279 e. The number of rotatable bonds is 2. The number of hydrogen-bond acceptors (Lipinski definition) is 3. The molecule has 0 radical (unpaired) electrons. The first-order chi connectivity index (χ1) is 7.29. The van der Waals surface area contributed by atoms with Crippen molar-refractivity contribution < 1.29 is 4.79 Å². The van der Waals surface area contributed by atoms with E-state index < -0.39 is 0 Å². The monoisotopic (exact) mass is 237 g/mol. The molecule has 78 valence electrons. The summed E-state index contributed by atoms with van der Waals surface area (Å²) in [5.74, 6) is 0. The first-order valence-corrected chi connectivity index (χ1v) is 6.68. The number of hydrogen-bond donors (Lipinski definition) is 1. The summed E-state index contributed by atoms with van der Waals surface area (Å²) in [6.07, 6.45) is 1.78. The predicted octanol–water partition coefficient (Wildman–Crippen LogP) is 3.47. The van der Waals surface area contributed by atoms with Crippen LogP contribution in [0.3, 0.4) is 0 Å². The molecule has 2 rings (SSSR count). The summed E-state index contributed by atoms with van der Waals surface area (Å²) in [6, 6.07) is 8.37. The topological polar surface area (TPSA) is 29.1 Å².